The van der Waals surface area contributed by atoms with Crippen LogP contribution in [0.4, 0.5) is 5.69 Å². The summed E-state index contributed by atoms with van der Waals surface area (Å²) in [6.07, 6.45) is 0. The SMILES string of the molecule is CCOc1cc(Cl)c(S(=O)(=O)Nc2cccc(Cl)c2C)cc1Cl. The Balaban J connectivity index is 2.44. The van der Waals surface area contributed by atoms with Gasteiger partial charge in [-0.25, -0.2) is 8.42 Å². The lowest BCUT2D eigenvalue weighted by atomic mass is 10.2. The summed E-state index contributed by atoms with van der Waals surface area (Å²) in [6.45, 7) is 3.90. The molecule has 0 aliphatic rings. The van der Waals surface area contributed by atoms with Gasteiger partial charge < -0.3 is 4.74 Å². The maximum absolute atomic E-state index is 12.6. The Morgan fingerprint density at radius 1 is 1.09 bits per heavy atom. The zero-order valence-corrected chi connectivity index (χ0v) is 15.4. The van der Waals surface area contributed by atoms with Gasteiger partial charge in [0, 0.05) is 11.1 Å². The Morgan fingerprint density at radius 2 is 1.78 bits per heavy atom. The molecule has 0 atom stereocenters. The van der Waals surface area contributed by atoms with Crippen LogP contribution in [0.1, 0.15) is 12.5 Å². The van der Waals surface area contributed by atoms with Crippen LogP contribution in [0.25, 0.3) is 0 Å². The number of hydrogen-bond donors (Lipinski definition) is 1. The first-order valence-corrected chi connectivity index (χ1v) is 9.27. The van der Waals surface area contributed by atoms with Crippen molar-refractivity contribution in [1.82, 2.24) is 0 Å². The molecule has 0 radical (unpaired) electrons. The molecule has 23 heavy (non-hydrogen) atoms. The van der Waals surface area contributed by atoms with Crippen molar-refractivity contribution in [3.63, 3.8) is 0 Å². The van der Waals surface area contributed by atoms with E-state index in [1.54, 1.807) is 32.0 Å². The van der Waals surface area contributed by atoms with Crippen LogP contribution in [-0.4, -0.2) is 15.0 Å². The van der Waals surface area contributed by atoms with Gasteiger partial charge >= 0.3 is 0 Å². The van der Waals surface area contributed by atoms with Crippen LogP contribution in [0, 0.1) is 6.92 Å². The van der Waals surface area contributed by atoms with E-state index >= 15 is 0 Å². The molecule has 0 bridgehead atoms. The summed E-state index contributed by atoms with van der Waals surface area (Å²) in [5.41, 5.74) is 0.990. The maximum atomic E-state index is 12.6. The molecule has 0 aliphatic heterocycles. The molecule has 8 heteroatoms. The highest BCUT2D eigenvalue weighted by Crippen LogP contribution is 2.35. The Labute approximate surface area is 150 Å². The van der Waals surface area contributed by atoms with E-state index in [9.17, 15) is 8.42 Å². The van der Waals surface area contributed by atoms with Crippen molar-refractivity contribution in [3.8, 4) is 5.75 Å². The third-order valence-electron chi connectivity index (χ3n) is 3.09. The Kier molecular flexibility index (Phi) is 5.68. The van der Waals surface area contributed by atoms with Crippen LogP contribution in [0.15, 0.2) is 35.2 Å². The zero-order valence-electron chi connectivity index (χ0n) is 12.4. The minimum atomic E-state index is -3.92. The van der Waals surface area contributed by atoms with Crippen molar-refractivity contribution in [2.24, 2.45) is 0 Å². The first-order chi connectivity index (χ1) is 10.8. The lowest BCUT2D eigenvalue weighted by molar-refractivity contribution is 0.340. The normalized spacial score (nSPS) is 11.3. The predicted octanol–water partition coefficient (Wildman–Crippen LogP) is 5.15. The van der Waals surface area contributed by atoms with Gasteiger partial charge in [0.15, 0.2) is 0 Å². The molecule has 0 spiro atoms. The van der Waals surface area contributed by atoms with Crippen LogP contribution < -0.4 is 9.46 Å². The lowest BCUT2D eigenvalue weighted by Gasteiger charge is -2.14. The number of nitrogens with one attached hydrogen (secondary N) is 1. The molecule has 124 valence electrons. The number of halogens is 3. The molecule has 2 aromatic carbocycles. The summed E-state index contributed by atoms with van der Waals surface area (Å²) in [5, 5.41) is 0.644. The topological polar surface area (TPSA) is 55.4 Å². The number of sulfonamides is 1. The minimum absolute atomic E-state index is 0.0185. The van der Waals surface area contributed by atoms with Gasteiger partial charge in [-0.05, 0) is 37.6 Å². The molecule has 2 aromatic rings. The first kappa shape index (κ1) is 18.2. The van der Waals surface area contributed by atoms with E-state index in [1.165, 1.54) is 12.1 Å². The summed E-state index contributed by atoms with van der Waals surface area (Å²) in [4.78, 5) is -0.132. The highest BCUT2D eigenvalue weighted by atomic mass is 35.5. The molecule has 0 fully saturated rings. The summed E-state index contributed by atoms with van der Waals surface area (Å²) in [6, 6.07) is 7.59. The number of rotatable bonds is 5. The molecule has 1 N–H and O–H groups in total. The smallest absolute Gasteiger partial charge is 0.263 e. The summed E-state index contributed by atoms with van der Waals surface area (Å²) < 4.78 is 32.9. The first-order valence-electron chi connectivity index (χ1n) is 6.66. The minimum Gasteiger partial charge on any atom is -0.492 e. The Morgan fingerprint density at radius 3 is 2.43 bits per heavy atom. The summed E-state index contributed by atoms with van der Waals surface area (Å²) in [7, 11) is -3.92. The molecule has 0 aliphatic carbocycles. The van der Waals surface area contributed by atoms with Crippen LogP contribution in [-0.2, 0) is 10.0 Å². The highest BCUT2D eigenvalue weighted by Gasteiger charge is 2.21. The van der Waals surface area contributed by atoms with Crippen LogP contribution >= 0.6 is 34.8 Å². The molecular formula is C15H14Cl3NO3S. The van der Waals surface area contributed by atoms with Gasteiger partial charge in [-0.2, -0.15) is 0 Å². The third kappa shape index (κ3) is 4.04. The second-order valence-corrected chi connectivity index (χ2v) is 7.54. The van der Waals surface area contributed by atoms with E-state index in [0.717, 1.165) is 0 Å². The van der Waals surface area contributed by atoms with E-state index in [4.69, 9.17) is 39.5 Å². The maximum Gasteiger partial charge on any atom is 0.263 e. The zero-order chi connectivity index (χ0) is 17.2. The number of benzene rings is 2. The standard InChI is InChI=1S/C15H14Cl3NO3S/c1-3-22-14-7-12(18)15(8-11(14)17)23(20,21)19-13-6-4-5-10(16)9(13)2/h4-8,19H,3H2,1-2H3. The largest absolute Gasteiger partial charge is 0.492 e. The van der Waals surface area contributed by atoms with Gasteiger partial charge in [0.25, 0.3) is 10.0 Å². The average molecular weight is 395 g/mol. The van der Waals surface area contributed by atoms with Crippen LogP contribution in [0.5, 0.6) is 5.75 Å². The molecule has 0 unspecified atom stereocenters. The van der Waals surface area contributed by atoms with Crippen molar-refractivity contribution in [2.45, 2.75) is 18.7 Å². The molecule has 4 nitrogen and oxygen atoms in total. The molecule has 0 heterocycles. The number of hydrogen-bond acceptors (Lipinski definition) is 3. The molecule has 0 amide bonds. The van der Waals surface area contributed by atoms with Crippen molar-refractivity contribution >= 4 is 50.5 Å². The Bertz CT molecular complexity index is 838. The lowest BCUT2D eigenvalue weighted by Crippen LogP contribution is -2.14. The monoisotopic (exact) mass is 393 g/mol. The average Bonchev–Trinajstić information content (AvgIpc) is 2.47. The van der Waals surface area contributed by atoms with E-state index in [0.29, 0.717) is 28.6 Å². The van der Waals surface area contributed by atoms with Gasteiger partial charge in [-0.15, -0.1) is 0 Å². The van der Waals surface area contributed by atoms with Gasteiger partial charge in [-0.1, -0.05) is 40.9 Å². The van der Waals surface area contributed by atoms with Crippen molar-refractivity contribution in [3.05, 3.63) is 51.0 Å². The summed E-state index contributed by atoms with van der Waals surface area (Å²) in [5.74, 6) is 0.331. The van der Waals surface area contributed by atoms with E-state index in [1.807, 2.05) is 0 Å². The predicted molar refractivity (Wildman–Crippen MR) is 94.6 cm³/mol. The fourth-order valence-corrected chi connectivity index (χ4v) is 4.03. The van der Waals surface area contributed by atoms with E-state index in [2.05, 4.69) is 4.72 Å². The number of ether oxygens (including phenoxy) is 1. The molecule has 0 saturated heterocycles. The third-order valence-corrected chi connectivity index (χ3v) is 5.62. The van der Waals surface area contributed by atoms with Crippen LogP contribution in [0.3, 0.4) is 0 Å². The van der Waals surface area contributed by atoms with Gasteiger partial charge in [0.1, 0.15) is 10.6 Å². The van der Waals surface area contributed by atoms with Gasteiger partial charge in [-0.3, -0.25) is 4.72 Å². The molecule has 0 saturated carbocycles. The quantitative estimate of drug-likeness (QED) is 0.762. The van der Waals surface area contributed by atoms with E-state index in [-0.39, 0.29) is 14.9 Å². The van der Waals surface area contributed by atoms with Crippen molar-refractivity contribution < 1.29 is 13.2 Å². The Hall–Kier alpha value is -1.14. The second kappa shape index (κ2) is 7.18. The summed E-state index contributed by atoms with van der Waals surface area (Å²) >= 11 is 18.1. The molecule has 2 rings (SSSR count). The van der Waals surface area contributed by atoms with Crippen molar-refractivity contribution in [2.75, 3.05) is 11.3 Å². The fourth-order valence-electron chi connectivity index (χ4n) is 1.90. The molecular weight excluding hydrogens is 381 g/mol. The van der Waals surface area contributed by atoms with E-state index < -0.39 is 10.0 Å². The van der Waals surface area contributed by atoms with Crippen LogP contribution in [0.2, 0.25) is 15.1 Å². The highest BCUT2D eigenvalue weighted by molar-refractivity contribution is 7.92. The number of anilines is 1. The van der Waals surface area contributed by atoms with Gasteiger partial charge in [0.2, 0.25) is 0 Å². The van der Waals surface area contributed by atoms with Gasteiger partial charge in [0.05, 0.1) is 22.3 Å². The van der Waals surface area contributed by atoms with Crippen molar-refractivity contribution in [1.29, 1.82) is 0 Å². The fraction of sp³-hybridized carbons (Fsp3) is 0.200. The second-order valence-electron chi connectivity index (χ2n) is 4.66. The molecule has 0 aromatic heterocycles.